The predicted octanol–water partition coefficient (Wildman–Crippen LogP) is 2.63. The van der Waals surface area contributed by atoms with Crippen molar-refractivity contribution in [1.82, 2.24) is 10.0 Å². The molecule has 2 heterocycles. The molecular formula is C14H16IN3O3. The Hall–Kier alpha value is -1.40. The Kier molecular flexibility index (Phi) is 4.39. The molecule has 6 nitrogen and oxygen atoms in total. The van der Waals surface area contributed by atoms with Crippen molar-refractivity contribution in [2.24, 2.45) is 0 Å². The number of hydroxylamine groups is 2. The Morgan fingerprint density at radius 2 is 2.19 bits per heavy atom. The number of carbonyl (C=O) groups excluding carboxylic acids is 1. The van der Waals surface area contributed by atoms with Crippen LogP contribution in [-0.4, -0.2) is 34.9 Å². The molecular weight excluding hydrogens is 385 g/mol. The fraction of sp³-hybridized carbons (Fsp3) is 0.500. The molecule has 1 saturated heterocycles. The first kappa shape index (κ1) is 16.0. The summed E-state index contributed by atoms with van der Waals surface area (Å²) in [6.45, 7) is 5.87. The molecule has 0 bridgehead atoms. The summed E-state index contributed by atoms with van der Waals surface area (Å²) >= 11 is 2.15. The summed E-state index contributed by atoms with van der Waals surface area (Å²) in [4.78, 5) is 20.9. The highest BCUT2D eigenvalue weighted by Crippen LogP contribution is 2.35. The Bertz CT molecular complexity index is 586. The third-order valence-corrected chi connectivity index (χ3v) is 3.78. The van der Waals surface area contributed by atoms with Crippen LogP contribution in [0.15, 0.2) is 18.3 Å². The smallest absolute Gasteiger partial charge is 0.427 e. The van der Waals surface area contributed by atoms with Crippen LogP contribution in [0.3, 0.4) is 0 Å². The molecule has 1 aromatic rings. The SMILES string of the molecule is CC(C)(C)OC(=O)ON1CC(C#N)(c2ncccc2I)C1. The van der Waals surface area contributed by atoms with E-state index >= 15 is 0 Å². The molecule has 0 atom stereocenters. The number of ether oxygens (including phenoxy) is 1. The number of hydrogen-bond donors (Lipinski definition) is 0. The lowest BCUT2D eigenvalue weighted by Crippen LogP contribution is -2.59. The van der Waals surface area contributed by atoms with Gasteiger partial charge < -0.3 is 9.57 Å². The molecule has 2 rings (SSSR count). The number of rotatable bonds is 2. The summed E-state index contributed by atoms with van der Waals surface area (Å²) in [5.41, 5.74) is -0.623. The maximum absolute atomic E-state index is 11.6. The lowest BCUT2D eigenvalue weighted by molar-refractivity contribution is -0.195. The summed E-state index contributed by atoms with van der Waals surface area (Å²) in [6.07, 6.45) is 0.901. The Balaban J connectivity index is 2.00. The van der Waals surface area contributed by atoms with Gasteiger partial charge in [0.2, 0.25) is 0 Å². The maximum atomic E-state index is 11.6. The van der Waals surface area contributed by atoms with Gasteiger partial charge in [-0.15, -0.1) is 5.06 Å². The molecule has 0 aliphatic carbocycles. The third-order valence-electron chi connectivity index (χ3n) is 2.91. The van der Waals surface area contributed by atoms with Gasteiger partial charge in [0.25, 0.3) is 0 Å². The van der Waals surface area contributed by atoms with Crippen molar-refractivity contribution in [3.63, 3.8) is 0 Å². The number of pyridine rings is 1. The van der Waals surface area contributed by atoms with Crippen molar-refractivity contribution >= 4 is 28.7 Å². The van der Waals surface area contributed by atoms with Gasteiger partial charge in [0.15, 0.2) is 0 Å². The second-order valence-electron chi connectivity index (χ2n) is 5.88. The average molecular weight is 401 g/mol. The van der Waals surface area contributed by atoms with Gasteiger partial charge >= 0.3 is 6.16 Å². The minimum Gasteiger partial charge on any atom is -0.427 e. The lowest BCUT2D eigenvalue weighted by Gasteiger charge is -2.43. The van der Waals surface area contributed by atoms with E-state index in [-0.39, 0.29) is 13.1 Å². The molecule has 0 amide bonds. The number of halogens is 1. The molecule has 0 spiro atoms. The van der Waals surface area contributed by atoms with Crippen LogP contribution in [0.4, 0.5) is 4.79 Å². The van der Waals surface area contributed by atoms with Crippen LogP contribution < -0.4 is 0 Å². The predicted molar refractivity (Wildman–Crippen MR) is 83.1 cm³/mol. The zero-order valence-corrected chi connectivity index (χ0v) is 14.2. The largest absolute Gasteiger partial charge is 0.528 e. The van der Waals surface area contributed by atoms with E-state index in [4.69, 9.17) is 9.57 Å². The summed E-state index contributed by atoms with van der Waals surface area (Å²) < 4.78 is 6.00. The average Bonchev–Trinajstić information content (AvgIpc) is 2.32. The maximum Gasteiger partial charge on any atom is 0.528 e. The van der Waals surface area contributed by atoms with Gasteiger partial charge in [-0.1, -0.05) is 0 Å². The van der Waals surface area contributed by atoms with Gasteiger partial charge in [0, 0.05) is 9.77 Å². The molecule has 1 aliphatic rings. The normalized spacial score (nSPS) is 17.5. The van der Waals surface area contributed by atoms with E-state index in [2.05, 4.69) is 33.6 Å². The number of aromatic nitrogens is 1. The summed E-state index contributed by atoms with van der Waals surface area (Å²) in [7, 11) is 0. The van der Waals surface area contributed by atoms with E-state index in [1.54, 1.807) is 27.0 Å². The fourth-order valence-electron chi connectivity index (χ4n) is 2.01. The molecule has 0 N–H and O–H groups in total. The van der Waals surface area contributed by atoms with E-state index in [1.807, 2.05) is 12.1 Å². The first-order valence-electron chi connectivity index (χ1n) is 6.44. The summed E-state index contributed by atoms with van der Waals surface area (Å²) in [5.74, 6) is 0. The highest BCUT2D eigenvalue weighted by molar-refractivity contribution is 14.1. The number of carbonyl (C=O) groups is 1. The highest BCUT2D eigenvalue weighted by Gasteiger charge is 2.49. The second-order valence-corrected chi connectivity index (χ2v) is 7.04. The Morgan fingerprint density at radius 3 is 2.71 bits per heavy atom. The minimum absolute atomic E-state index is 0.287. The molecule has 112 valence electrons. The van der Waals surface area contributed by atoms with Crippen molar-refractivity contribution in [2.75, 3.05) is 13.1 Å². The zero-order chi connectivity index (χ0) is 15.7. The molecule has 0 radical (unpaired) electrons. The summed E-state index contributed by atoms with van der Waals surface area (Å²) in [6, 6.07) is 6.01. The Morgan fingerprint density at radius 1 is 1.52 bits per heavy atom. The van der Waals surface area contributed by atoms with Gasteiger partial charge in [-0.25, -0.2) is 4.79 Å². The van der Waals surface area contributed by atoms with E-state index in [9.17, 15) is 10.1 Å². The first-order valence-corrected chi connectivity index (χ1v) is 7.52. The fourth-order valence-corrected chi connectivity index (χ4v) is 2.87. The van der Waals surface area contributed by atoms with Gasteiger partial charge in [-0.05, 0) is 55.5 Å². The second kappa shape index (κ2) is 5.77. The van der Waals surface area contributed by atoms with Crippen LogP contribution in [-0.2, 0) is 15.0 Å². The van der Waals surface area contributed by atoms with Crippen molar-refractivity contribution in [2.45, 2.75) is 31.8 Å². The number of nitrogens with zero attached hydrogens (tertiary/aromatic N) is 3. The topological polar surface area (TPSA) is 75.5 Å². The van der Waals surface area contributed by atoms with Crippen LogP contribution in [0, 0.1) is 14.9 Å². The van der Waals surface area contributed by atoms with Crippen LogP contribution >= 0.6 is 22.6 Å². The van der Waals surface area contributed by atoms with Crippen LogP contribution in [0.25, 0.3) is 0 Å². The van der Waals surface area contributed by atoms with Crippen molar-refractivity contribution in [3.05, 3.63) is 27.6 Å². The molecule has 1 fully saturated rings. The van der Waals surface area contributed by atoms with Crippen molar-refractivity contribution in [1.29, 1.82) is 5.26 Å². The standard InChI is InChI=1S/C14H16IN3O3/c1-13(2,3)20-12(19)21-18-8-14(7-16,9-18)11-10(15)5-4-6-17-11/h4-6H,8-9H2,1-3H3. The first-order chi connectivity index (χ1) is 9.76. The zero-order valence-electron chi connectivity index (χ0n) is 12.1. The van der Waals surface area contributed by atoms with Gasteiger partial charge in [0.05, 0.1) is 24.9 Å². The van der Waals surface area contributed by atoms with E-state index in [1.165, 1.54) is 5.06 Å². The van der Waals surface area contributed by atoms with E-state index < -0.39 is 17.2 Å². The van der Waals surface area contributed by atoms with Gasteiger partial charge in [0.1, 0.15) is 11.0 Å². The van der Waals surface area contributed by atoms with E-state index in [0.717, 1.165) is 9.26 Å². The molecule has 0 saturated carbocycles. The van der Waals surface area contributed by atoms with Gasteiger partial charge in [-0.2, -0.15) is 5.26 Å². The molecule has 1 aliphatic heterocycles. The van der Waals surface area contributed by atoms with E-state index in [0.29, 0.717) is 0 Å². The van der Waals surface area contributed by atoms with Crippen LogP contribution in [0.5, 0.6) is 0 Å². The third kappa shape index (κ3) is 3.63. The molecule has 21 heavy (non-hydrogen) atoms. The Labute approximate surface area is 137 Å². The molecule has 1 aromatic heterocycles. The quantitative estimate of drug-likeness (QED) is 0.560. The minimum atomic E-state index is -0.759. The van der Waals surface area contributed by atoms with Crippen molar-refractivity contribution in [3.8, 4) is 6.07 Å². The molecule has 0 aromatic carbocycles. The number of hydrogen-bond acceptors (Lipinski definition) is 6. The summed E-state index contributed by atoms with van der Waals surface area (Å²) in [5, 5.41) is 10.9. The van der Waals surface area contributed by atoms with Crippen molar-refractivity contribution < 1.29 is 14.4 Å². The van der Waals surface area contributed by atoms with Crippen LogP contribution in [0.1, 0.15) is 26.5 Å². The molecule has 0 unspecified atom stereocenters. The monoisotopic (exact) mass is 401 g/mol. The van der Waals surface area contributed by atoms with Crippen LogP contribution in [0.2, 0.25) is 0 Å². The highest BCUT2D eigenvalue weighted by atomic mass is 127. The molecule has 7 heteroatoms. The van der Waals surface area contributed by atoms with Gasteiger partial charge in [-0.3, -0.25) is 4.98 Å². The number of nitriles is 1. The lowest BCUT2D eigenvalue weighted by atomic mass is 9.79.